The van der Waals surface area contributed by atoms with E-state index in [1.807, 2.05) is 6.07 Å². The summed E-state index contributed by atoms with van der Waals surface area (Å²) >= 11 is 4.78. The molecule has 0 bridgehead atoms. The summed E-state index contributed by atoms with van der Waals surface area (Å²) in [6.07, 6.45) is 2.28. The van der Waals surface area contributed by atoms with Crippen LogP contribution in [0, 0.1) is 5.82 Å². The second-order valence-corrected chi connectivity index (χ2v) is 5.24. The monoisotopic (exact) mass is 267 g/mol. The predicted octanol–water partition coefficient (Wildman–Crippen LogP) is 1.97. The van der Waals surface area contributed by atoms with Crippen molar-refractivity contribution in [2.75, 3.05) is 25.5 Å². The Morgan fingerprint density at radius 3 is 2.94 bits per heavy atom. The third-order valence-electron chi connectivity index (χ3n) is 3.23. The molecule has 0 spiro atoms. The molecule has 1 atom stereocenters. The number of halogens is 1. The smallest absolute Gasteiger partial charge is 0.135 e. The molecule has 1 saturated heterocycles. The summed E-state index contributed by atoms with van der Waals surface area (Å²) in [6, 6.07) is 5.29. The number of hydrogen-bond acceptors (Lipinski definition) is 3. The first-order chi connectivity index (χ1) is 8.56. The number of nitrogens with two attached hydrogens (primary N) is 1. The van der Waals surface area contributed by atoms with E-state index in [0.29, 0.717) is 11.6 Å². The van der Waals surface area contributed by atoms with Gasteiger partial charge in [0.15, 0.2) is 0 Å². The molecule has 1 aliphatic rings. The number of nitrogens with one attached hydrogen (secondary N) is 1. The molecule has 1 aliphatic heterocycles. The van der Waals surface area contributed by atoms with Crippen LogP contribution in [0.25, 0.3) is 0 Å². The fraction of sp³-hybridized carbons (Fsp3) is 0.462. The number of benzene rings is 1. The molecular weight excluding hydrogens is 249 g/mol. The molecule has 2 rings (SSSR count). The van der Waals surface area contributed by atoms with E-state index in [0.717, 1.165) is 25.2 Å². The molecule has 1 fully saturated rings. The van der Waals surface area contributed by atoms with Gasteiger partial charge in [-0.25, -0.2) is 4.39 Å². The van der Waals surface area contributed by atoms with Crippen molar-refractivity contribution >= 4 is 22.9 Å². The minimum absolute atomic E-state index is 0.0939. The van der Waals surface area contributed by atoms with Gasteiger partial charge in [-0.3, -0.25) is 0 Å². The number of nitrogens with zero attached hydrogens (tertiary/aromatic N) is 1. The summed E-state index contributed by atoms with van der Waals surface area (Å²) in [5.41, 5.74) is 6.52. The summed E-state index contributed by atoms with van der Waals surface area (Å²) in [5, 5.41) is 3.35. The number of piperidine rings is 1. The van der Waals surface area contributed by atoms with Crippen molar-refractivity contribution in [2.45, 2.75) is 18.9 Å². The minimum atomic E-state index is -0.364. The molecule has 0 aliphatic carbocycles. The number of hydrogen-bond donors (Lipinski definition) is 2. The maximum Gasteiger partial charge on any atom is 0.135 e. The van der Waals surface area contributed by atoms with Gasteiger partial charge in [-0.15, -0.1) is 0 Å². The van der Waals surface area contributed by atoms with Crippen molar-refractivity contribution in [3.8, 4) is 0 Å². The van der Waals surface area contributed by atoms with Crippen molar-refractivity contribution < 1.29 is 4.39 Å². The molecule has 1 aromatic rings. The summed E-state index contributed by atoms with van der Waals surface area (Å²) in [4.78, 5) is 2.37. The highest BCUT2D eigenvalue weighted by molar-refractivity contribution is 7.80. The van der Waals surface area contributed by atoms with Gasteiger partial charge >= 0.3 is 0 Å². The molecule has 1 unspecified atom stereocenters. The molecular formula is C13H18FN3S. The summed E-state index contributed by atoms with van der Waals surface area (Å²) in [7, 11) is 2.10. The zero-order valence-corrected chi connectivity index (χ0v) is 11.3. The topological polar surface area (TPSA) is 41.3 Å². The first-order valence-corrected chi connectivity index (χ1v) is 6.51. The molecule has 3 nitrogen and oxygen atoms in total. The second kappa shape index (κ2) is 5.63. The fourth-order valence-corrected chi connectivity index (χ4v) is 2.49. The quantitative estimate of drug-likeness (QED) is 0.822. The molecule has 98 valence electrons. The van der Waals surface area contributed by atoms with Crippen LogP contribution in [0.4, 0.5) is 10.1 Å². The Morgan fingerprint density at radius 1 is 1.56 bits per heavy atom. The SMILES string of the molecule is CN1CCCC(Nc2ccc(C(N)=S)c(F)c2)C1. The number of anilines is 1. The zero-order chi connectivity index (χ0) is 13.1. The number of likely N-dealkylation sites (N-methyl/N-ethyl adjacent to an activating group) is 1. The fourth-order valence-electron chi connectivity index (χ4n) is 2.32. The van der Waals surface area contributed by atoms with Gasteiger partial charge in [0.1, 0.15) is 10.8 Å². The van der Waals surface area contributed by atoms with Crippen LogP contribution in [0.5, 0.6) is 0 Å². The molecule has 5 heteroatoms. The summed E-state index contributed by atoms with van der Waals surface area (Å²) in [5.74, 6) is -0.364. The third kappa shape index (κ3) is 3.17. The summed E-state index contributed by atoms with van der Waals surface area (Å²) in [6.45, 7) is 2.12. The van der Waals surface area contributed by atoms with Crippen LogP contribution in [0.15, 0.2) is 18.2 Å². The van der Waals surface area contributed by atoms with Crippen molar-refractivity contribution in [1.29, 1.82) is 0 Å². The number of rotatable bonds is 3. The van der Waals surface area contributed by atoms with E-state index in [2.05, 4.69) is 17.3 Å². The van der Waals surface area contributed by atoms with E-state index in [1.54, 1.807) is 6.07 Å². The van der Waals surface area contributed by atoms with Crippen molar-refractivity contribution in [3.63, 3.8) is 0 Å². The molecule has 1 aromatic carbocycles. The predicted molar refractivity (Wildman–Crippen MR) is 76.4 cm³/mol. The molecule has 0 amide bonds. The van der Waals surface area contributed by atoms with Gasteiger partial charge in [-0.05, 0) is 44.6 Å². The summed E-state index contributed by atoms with van der Waals surface area (Å²) < 4.78 is 13.7. The van der Waals surface area contributed by atoms with Gasteiger partial charge < -0.3 is 16.0 Å². The lowest BCUT2D eigenvalue weighted by Gasteiger charge is -2.30. The molecule has 0 aromatic heterocycles. The highest BCUT2D eigenvalue weighted by atomic mass is 32.1. The molecule has 0 saturated carbocycles. The Kier molecular flexibility index (Phi) is 4.14. The Hall–Kier alpha value is -1.20. The van der Waals surface area contributed by atoms with Gasteiger partial charge in [0.05, 0.1) is 0 Å². The van der Waals surface area contributed by atoms with E-state index in [9.17, 15) is 4.39 Å². The molecule has 18 heavy (non-hydrogen) atoms. The maximum absolute atomic E-state index is 13.7. The average molecular weight is 267 g/mol. The van der Waals surface area contributed by atoms with E-state index in [-0.39, 0.29) is 10.8 Å². The van der Waals surface area contributed by atoms with E-state index < -0.39 is 0 Å². The first kappa shape index (κ1) is 13.2. The van der Waals surface area contributed by atoms with E-state index in [4.69, 9.17) is 18.0 Å². The minimum Gasteiger partial charge on any atom is -0.389 e. The molecule has 1 heterocycles. The van der Waals surface area contributed by atoms with Gasteiger partial charge in [0.2, 0.25) is 0 Å². The van der Waals surface area contributed by atoms with Gasteiger partial charge in [0.25, 0.3) is 0 Å². The van der Waals surface area contributed by atoms with Crippen molar-refractivity contribution in [3.05, 3.63) is 29.6 Å². The van der Waals surface area contributed by atoms with E-state index >= 15 is 0 Å². The zero-order valence-electron chi connectivity index (χ0n) is 10.4. The van der Waals surface area contributed by atoms with Crippen LogP contribution in [-0.2, 0) is 0 Å². The number of likely N-dealkylation sites (tertiary alicyclic amines) is 1. The first-order valence-electron chi connectivity index (χ1n) is 6.10. The third-order valence-corrected chi connectivity index (χ3v) is 3.45. The van der Waals surface area contributed by atoms with Crippen molar-refractivity contribution in [2.24, 2.45) is 5.73 Å². The lowest BCUT2D eigenvalue weighted by Crippen LogP contribution is -2.39. The normalized spacial score (nSPS) is 20.7. The van der Waals surface area contributed by atoms with Crippen molar-refractivity contribution in [1.82, 2.24) is 4.90 Å². The Labute approximate surface area is 112 Å². The Bertz CT molecular complexity index is 450. The standard InChI is InChI=1S/C13H18FN3S/c1-17-6-2-3-10(8-17)16-9-4-5-11(13(15)18)12(14)7-9/h4-5,7,10,16H,2-3,6,8H2,1H3,(H2,15,18). The van der Waals surface area contributed by atoms with Gasteiger partial charge in [-0.1, -0.05) is 12.2 Å². The van der Waals surface area contributed by atoms with Crippen LogP contribution >= 0.6 is 12.2 Å². The molecule has 0 radical (unpaired) electrons. The Balaban J connectivity index is 2.05. The lowest BCUT2D eigenvalue weighted by molar-refractivity contribution is 0.261. The lowest BCUT2D eigenvalue weighted by atomic mass is 10.1. The average Bonchev–Trinajstić information content (AvgIpc) is 2.28. The van der Waals surface area contributed by atoms with Gasteiger partial charge in [0, 0.05) is 23.8 Å². The highest BCUT2D eigenvalue weighted by Crippen LogP contribution is 2.18. The van der Waals surface area contributed by atoms with Gasteiger partial charge in [-0.2, -0.15) is 0 Å². The largest absolute Gasteiger partial charge is 0.389 e. The highest BCUT2D eigenvalue weighted by Gasteiger charge is 2.17. The van der Waals surface area contributed by atoms with E-state index in [1.165, 1.54) is 12.5 Å². The Morgan fingerprint density at radius 2 is 2.33 bits per heavy atom. The van der Waals surface area contributed by atoms with Crippen LogP contribution in [0.3, 0.4) is 0 Å². The second-order valence-electron chi connectivity index (χ2n) is 4.80. The molecule has 3 N–H and O–H groups in total. The number of thiocarbonyl (C=S) groups is 1. The van der Waals surface area contributed by atoms with Crippen LogP contribution in [-0.4, -0.2) is 36.1 Å². The van der Waals surface area contributed by atoms with Crippen LogP contribution in [0.2, 0.25) is 0 Å². The maximum atomic E-state index is 13.7. The van der Waals surface area contributed by atoms with Crippen LogP contribution in [0.1, 0.15) is 18.4 Å². The van der Waals surface area contributed by atoms with Crippen LogP contribution < -0.4 is 11.1 Å².